The first-order chi connectivity index (χ1) is 13.1. The van der Waals surface area contributed by atoms with Crippen LogP contribution in [-0.2, 0) is 16.6 Å². The van der Waals surface area contributed by atoms with Gasteiger partial charge in [0.2, 0.25) is 0 Å². The highest BCUT2D eigenvalue weighted by atomic mass is 16.5. The fourth-order valence-corrected chi connectivity index (χ4v) is 5.63. The first kappa shape index (κ1) is 16.6. The van der Waals surface area contributed by atoms with Crippen molar-refractivity contribution in [1.29, 1.82) is 0 Å². The van der Waals surface area contributed by atoms with Gasteiger partial charge in [0, 0.05) is 12.8 Å². The Hall–Kier alpha value is -2.29. The second-order valence-corrected chi connectivity index (χ2v) is 10.6. The molecule has 0 atom stereocenters. The second-order valence-electron chi connectivity index (χ2n) is 10.6. The van der Waals surface area contributed by atoms with Crippen molar-refractivity contribution in [3.63, 3.8) is 0 Å². The zero-order chi connectivity index (χ0) is 19.7. The van der Waals surface area contributed by atoms with Gasteiger partial charge in [-0.05, 0) is 51.6 Å². The maximum atomic E-state index is 6.50. The van der Waals surface area contributed by atoms with Crippen LogP contribution in [0.25, 0.3) is 22.4 Å². The number of imidazole rings is 1. The molecule has 0 unspecified atom stereocenters. The Kier molecular flexibility index (Phi) is 2.66. The van der Waals surface area contributed by atoms with Crippen LogP contribution in [0, 0.1) is 5.41 Å². The van der Waals surface area contributed by atoms with Gasteiger partial charge in [0.15, 0.2) is 5.72 Å². The summed E-state index contributed by atoms with van der Waals surface area (Å²) in [6, 6.07) is 13.1. The van der Waals surface area contributed by atoms with E-state index in [1.165, 1.54) is 16.6 Å². The molecule has 3 aliphatic rings. The molecular formula is C25H28N2O. The smallest absolute Gasteiger partial charge is 0.188 e. The van der Waals surface area contributed by atoms with Gasteiger partial charge in [-0.25, -0.2) is 4.98 Å². The number of ether oxygens (including phenoxy) is 1. The maximum absolute atomic E-state index is 6.50. The third-order valence-corrected chi connectivity index (χ3v) is 8.78. The van der Waals surface area contributed by atoms with E-state index in [1.807, 2.05) is 0 Å². The van der Waals surface area contributed by atoms with Crippen LogP contribution in [0.5, 0.6) is 5.75 Å². The Bertz CT molecular complexity index is 1170. The molecule has 0 N–H and O–H groups in total. The van der Waals surface area contributed by atoms with Gasteiger partial charge in [0.1, 0.15) is 11.6 Å². The molecule has 3 nitrogen and oxygen atoms in total. The molecule has 0 amide bonds. The molecule has 0 radical (unpaired) electrons. The summed E-state index contributed by atoms with van der Waals surface area (Å²) in [5.41, 5.74) is 6.45. The molecule has 144 valence electrons. The van der Waals surface area contributed by atoms with Gasteiger partial charge in [-0.15, -0.1) is 0 Å². The van der Waals surface area contributed by atoms with E-state index in [0.29, 0.717) is 0 Å². The Morgan fingerprint density at radius 2 is 1.54 bits per heavy atom. The molecule has 2 aliphatic carbocycles. The van der Waals surface area contributed by atoms with Gasteiger partial charge >= 0.3 is 0 Å². The van der Waals surface area contributed by atoms with E-state index < -0.39 is 0 Å². The minimum Gasteiger partial charge on any atom is -0.467 e. The number of hydrogen-bond acceptors (Lipinski definition) is 2. The van der Waals surface area contributed by atoms with Crippen molar-refractivity contribution in [2.75, 3.05) is 0 Å². The number of benzene rings is 2. The summed E-state index contributed by atoms with van der Waals surface area (Å²) in [4.78, 5) is 5.15. The molecule has 6 rings (SSSR count). The molecule has 0 bridgehead atoms. The van der Waals surface area contributed by atoms with Crippen molar-refractivity contribution in [2.24, 2.45) is 5.41 Å². The summed E-state index contributed by atoms with van der Waals surface area (Å²) in [5, 5.41) is 0. The van der Waals surface area contributed by atoms with Gasteiger partial charge in [-0.1, -0.05) is 53.7 Å². The predicted molar refractivity (Wildman–Crippen MR) is 113 cm³/mol. The van der Waals surface area contributed by atoms with Crippen LogP contribution in [0.15, 0.2) is 36.4 Å². The van der Waals surface area contributed by atoms with Crippen molar-refractivity contribution in [3.05, 3.63) is 47.5 Å². The summed E-state index contributed by atoms with van der Waals surface area (Å²) < 4.78 is 8.89. The first-order valence-corrected chi connectivity index (χ1v) is 10.5. The molecule has 1 saturated carbocycles. The number of fused-ring (bicyclic) bond motifs is 7. The molecule has 3 heteroatoms. The summed E-state index contributed by atoms with van der Waals surface area (Å²) in [6.45, 7) is 14.4. The fourth-order valence-electron chi connectivity index (χ4n) is 5.63. The zero-order valence-electron chi connectivity index (χ0n) is 17.7. The number of rotatable bonds is 0. The van der Waals surface area contributed by atoms with E-state index in [-0.39, 0.29) is 22.0 Å². The minimum absolute atomic E-state index is 0.0921. The lowest BCUT2D eigenvalue weighted by molar-refractivity contribution is 0.102. The van der Waals surface area contributed by atoms with Gasteiger partial charge < -0.3 is 4.74 Å². The van der Waals surface area contributed by atoms with Crippen molar-refractivity contribution in [2.45, 2.75) is 70.9 Å². The number of nitrogens with zero attached hydrogens (tertiary/aromatic N) is 2. The largest absolute Gasteiger partial charge is 0.467 e. The fraction of sp³-hybridized carbons (Fsp3) is 0.480. The normalized spacial score (nSPS) is 23.8. The SMILES string of the molecule is CC1(C)c2cc3nc4n(c3cc2C(C)(C)C1(C)C)C1(CC1)Oc1ccccc1-4. The Balaban J connectivity index is 1.70. The average Bonchev–Trinajstić information content (AvgIpc) is 3.26. The van der Waals surface area contributed by atoms with E-state index in [0.717, 1.165) is 35.5 Å². The van der Waals surface area contributed by atoms with Crippen LogP contribution in [-0.4, -0.2) is 9.55 Å². The molecule has 3 aromatic rings. The summed E-state index contributed by atoms with van der Waals surface area (Å²) in [6.07, 6.45) is 2.11. The molecule has 2 heterocycles. The van der Waals surface area contributed by atoms with E-state index in [2.05, 4.69) is 82.5 Å². The molecular weight excluding hydrogens is 344 g/mol. The maximum Gasteiger partial charge on any atom is 0.188 e. The molecule has 1 aromatic heterocycles. The molecule has 1 aliphatic heterocycles. The van der Waals surface area contributed by atoms with Crippen molar-refractivity contribution in [3.8, 4) is 17.1 Å². The van der Waals surface area contributed by atoms with Gasteiger partial charge in [0.25, 0.3) is 0 Å². The highest BCUT2D eigenvalue weighted by molar-refractivity contribution is 5.86. The quantitative estimate of drug-likeness (QED) is 0.474. The predicted octanol–water partition coefficient (Wildman–Crippen LogP) is 6.14. The molecule has 1 fully saturated rings. The number of aromatic nitrogens is 2. The van der Waals surface area contributed by atoms with Gasteiger partial charge in [0.05, 0.1) is 16.6 Å². The summed E-state index contributed by atoms with van der Waals surface area (Å²) in [7, 11) is 0. The van der Waals surface area contributed by atoms with Crippen LogP contribution >= 0.6 is 0 Å². The van der Waals surface area contributed by atoms with Crippen molar-refractivity contribution in [1.82, 2.24) is 9.55 Å². The summed E-state index contributed by atoms with van der Waals surface area (Å²) in [5.74, 6) is 2.03. The second kappa shape index (κ2) is 4.48. The number of para-hydroxylation sites is 1. The first-order valence-electron chi connectivity index (χ1n) is 10.5. The lowest BCUT2D eigenvalue weighted by atomic mass is 9.59. The Morgan fingerprint density at radius 1 is 0.893 bits per heavy atom. The average molecular weight is 373 g/mol. The Morgan fingerprint density at radius 3 is 2.21 bits per heavy atom. The summed E-state index contributed by atoms with van der Waals surface area (Å²) >= 11 is 0. The standard InChI is InChI=1S/C25H28N2O/c1-22(2)16-13-18-19(14-17(16)23(3,4)24(22,5)6)27-21(26-18)15-9-7-8-10-20(15)28-25(27)11-12-25/h7-10,13-14H,11-12H2,1-6H3. The van der Waals surface area contributed by atoms with Crippen molar-refractivity contribution < 1.29 is 4.74 Å². The van der Waals surface area contributed by atoms with Crippen LogP contribution < -0.4 is 4.74 Å². The minimum atomic E-state index is -0.236. The van der Waals surface area contributed by atoms with Crippen LogP contribution in [0.3, 0.4) is 0 Å². The third kappa shape index (κ3) is 1.63. The van der Waals surface area contributed by atoms with Gasteiger partial charge in [-0.2, -0.15) is 0 Å². The van der Waals surface area contributed by atoms with Crippen LogP contribution in [0.2, 0.25) is 0 Å². The molecule has 0 saturated heterocycles. The zero-order valence-corrected chi connectivity index (χ0v) is 17.7. The van der Waals surface area contributed by atoms with E-state index in [1.54, 1.807) is 0 Å². The molecule has 2 aromatic carbocycles. The topological polar surface area (TPSA) is 27.1 Å². The van der Waals surface area contributed by atoms with E-state index >= 15 is 0 Å². The van der Waals surface area contributed by atoms with E-state index in [9.17, 15) is 0 Å². The monoisotopic (exact) mass is 372 g/mol. The van der Waals surface area contributed by atoms with Crippen molar-refractivity contribution >= 4 is 11.0 Å². The van der Waals surface area contributed by atoms with Crippen LogP contribution in [0.1, 0.15) is 65.5 Å². The van der Waals surface area contributed by atoms with E-state index in [4.69, 9.17) is 9.72 Å². The Labute approximate surface area is 166 Å². The molecule has 1 spiro atoms. The molecule has 28 heavy (non-hydrogen) atoms. The highest BCUT2D eigenvalue weighted by Crippen LogP contribution is 2.62. The van der Waals surface area contributed by atoms with Crippen LogP contribution in [0.4, 0.5) is 0 Å². The highest BCUT2D eigenvalue weighted by Gasteiger charge is 2.58. The van der Waals surface area contributed by atoms with Gasteiger partial charge in [-0.3, -0.25) is 4.57 Å². The lowest BCUT2D eigenvalue weighted by Crippen LogP contribution is -2.42. The number of hydrogen-bond donors (Lipinski definition) is 0. The lowest BCUT2D eigenvalue weighted by Gasteiger charge is -2.44. The third-order valence-electron chi connectivity index (χ3n) is 8.78.